The summed E-state index contributed by atoms with van der Waals surface area (Å²) in [6.45, 7) is 5.16. The van der Waals surface area contributed by atoms with E-state index in [9.17, 15) is 17.6 Å². The fraction of sp³-hybridized carbons (Fsp3) is 0.560. The van der Waals surface area contributed by atoms with E-state index < -0.39 is 15.7 Å². The Kier molecular flexibility index (Phi) is 6.73. The molecular weight excluding hydrogens is 503 g/mol. The van der Waals surface area contributed by atoms with Crippen molar-refractivity contribution < 1.29 is 31.8 Å². The lowest BCUT2D eigenvalue weighted by Gasteiger charge is -2.47. The van der Waals surface area contributed by atoms with Crippen LogP contribution in [0.3, 0.4) is 0 Å². The van der Waals surface area contributed by atoms with E-state index in [0.29, 0.717) is 49.9 Å². The van der Waals surface area contributed by atoms with Gasteiger partial charge < -0.3 is 19.5 Å². The molecule has 2 atom stereocenters. The Balaban J connectivity index is 1.26. The molecule has 2 saturated heterocycles. The average molecular weight is 535 g/mol. The molecule has 2 aliphatic heterocycles. The summed E-state index contributed by atoms with van der Waals surface area (Å²) in [5.74, 6) is -0.0207. The van der Waals surface area contributed by atoms with Gasteiger partial charge in [-0.3, -0.25) is 4.90 Å². The molecule has 1 aliphatic carbocycles. The van der Waals surface area contributed by atoms with Crippen LogP contribution in [0, 0.1) is 18.2 Å². The molecule has 37 heavy (non-hydrogen) atoms. The van der Waals surface area contributed by atoms with Gasteiger partial charge in [0, 0.05) is 24.5 Å². The number of hydrogen-bond acceptors (Lipinski definition) is 9. The van der Waals surface area contributed by atoms with Gasteiger partial charge in [-0.25, -0.2) is 27.6 Å². The van der Waals surface area contributed by atoms with Gasteiger partial charge in [-0.15, -0.1) is 0 Å². The largest absolute Gasteiger partial charge is 0.474 e. The second kappa shape index (κ2) is 9.71. The molecule has 1 aromatic carbocycles. The molecule has 1 saturated carbocycles. The highest BCUT2D eigenvalue weighted by atomic mass is 32.2. The lowest BCUT2D eigenvalue weighted by atomic mass is 9.92. The number of aromatic nitrogens is 2. The second-order valence-electron chi connectivity index (χ2n) is 10.5. The molecule has 0 radical (unpaired) electrons. The molecule has 1 aromatic heterocycles. The van der Waals surface area contributed by atoms with Crippen molar-refractivity contribution in [1.82, 2.24) is 14.9 Å². The number of nitrogens with one attached hydrogen (secondary N) is 1. The number of anilines is 2. The van der Waals surface area contributed by atoms with Crippen molar-refractivity contribution in [3.05, 3.63) is 35.9 Å². The second-order valence-corrected chi connectivity index (χ2v) is 12.5. The molecule has 2 bridgehead atoms. The molecule has 3 heterocycles. The third-order valence-electron chi connectivity index (χ3n) is 7.27. The van der Waals surface area contributed by atoms with E-state index in [1.54, 1.807) is 11.8 Å². The summed E-state index contributed by atoms with van der Waals surface area (Å²) < 4.78 is 55.5. The van der Waals surface area contributed by atoms with E-state index in [0.717, 1.165) is 25.2 Å². The molecule has 2 aromatic rings. The number of nitrogens with zero attached hydrogens (tertiary/aromatic N) is 3. The first-order valence-electron chi connectivity index (χ1n) is 12.3. The number of hydrogen-bond donors (Lipinski definition) is 1. The molecule has 0 spiro atoms. The van der Waals surface area contributed by atoms with Crippen molar-refractivity contribution in [2.45, 2.75) is 62.6 Å². The van der Waals surface area contributed by atoms with Crippen LogP contribution in [0.1, 0.15) is 38.2 Å². The van der Waals surface area contributed by atoms with E-state index in [2.05, 4.69) is 22.2 Å². The van der Waals surface area contributed by atoms with Crippen LogP contribution in [0.5, 0.6) is 5.88 Å². The summed E-state index contributed by atoms with van der Waals surface area (Å²) in [5, 5.41) is 2.90. The minimum atomic E-state index is -3.52. The topological polar surface area (TPSA) is 120 Å². The van der Waals surface area contributed by atoms with Crippen LogP contribution in [0.4, 0.5) is 20.7 Å². The molecule has 3 fully saturated rings. The number of halogens is 1. The fourth-order valence-electron chi connectivity index (χ4n) is 4.72. The van der Waals surface area contributed by atoms with Crippen LogP contribution in [-0.2, 0) is 19.3 Å². The summed E-state index contributed by atoms with van der Waals surface area (Å²) in [7, 11) is -3.52. The van der Waals surface area contributed by atoms with Gasteiger partial charge in [-0.1, -0.05) is 6.92 Å². The van der Waals surface area contributed by atoms with Crippen LogP contribution < -0.4 is 10.1 Å². The summed E-state index contributed by atoms with van der Waals surface area (Å²) in [6, 6.07) is 3.35. The Morgan fingerprint density at radius 1 is 1.24 bits per heavy atom. The Morgan fingerprint density at radius 3 is 2.57 bits per heavy atom. The molecule has 1 amide bonds. The van der Waals surface area contributed by atoms with E-state index in [4.69, 9.17) is 14.2 Å². The summed E-state index contributed by atoms with van der Waals surface area (Å²) in [6.07, 6.45) is 5.15. The van der Waals surface area contributed by atoms with Crippen molar-refractivity contribution >= 4 is 27.4 Å². The van der Waals surface area contributed by atoms with Crippen molar-refractivity contribution in [1.29, 1.82) is 0 Å². The smallest absolute Gasteiger partial charge is 0.410 e. The van der Waals surface area contributed by atoms with Crippen LogP contribution in [0.15, 0.2) is 29.4 Å². The number of ether oxygens (including phenoxy) is 3. The number of carbonyl (C=O) groups excluding carboxylic acids is 1. The number of sulfone groups is 1. The summed E-state index contributed by atoms with van der Waals surface area (Å²) in [4.78, 5) is 23.0. The third kappa shape index (κ3) is 5.64. The lowest BCUT2D eigenvalue weighted by molar-refractivity contribution is -0.0919. The number of benzene rings is 1. The van der Waals surface area contributed by atoms with Crippen LogP contribution in [0.2, 0.25) is 0 Å². The van der Waals surface area contributed by atoms with E-state index in [1.807, 2.05) is 0 Å². The molecule has 2 unspecified atom stereocenters. The highest BCUT2D eigenvalue weighted by Crippen LogP contribution is 2.45. The zero-order valence-corrected chi connectivity index (χ0v) is 21.9. The standard InChI is InChI=1S/C25H31FN4O6S/c1-15-22(29-21-5-4-19(10-20(21)26)37(3,32)33)27-14-28-23(15)36-18-8-16-11-34-12-17(9-18)30(16)24(31)35-13-25(2)6-7-25/h4-5,10,14,16-18H,6-9,11-13H2,1-3H3,(H,27,28,29). The molecule has 12 heteroatoms. The predicted molar refractivity (Wildman–Crippen MR) is 132 cm³/mol. The van der Waals surface area contributed by atoms with Crippen molar-refractivity contribution in [3.63, 3.8) is 0 Å². The van der Waals surface area contributed by atoms with Crippen LogP contribution in [-0.4, -0.2) is 73.6 Å². The number of morpholine rings is 1. The van der Waals surface area contributed by atoms with Gasteiger partial charge in [0.15, 0.2) is 9.84 Å². The summed E-state index contributed by atoms with van der Waals surface area (Å²) in [5.41, 5.74) is 0.784. The Bertz CT molecular complexity index is 1290. The first-order valence-corrected chi connectivity index (χ1v) is 14.2. The van der Waals surface area contributed by atoms with Gasteiger partial charge in [0.2, 0.25) is 5.88 Å². The lowest BCUT2D eigenvalue weighted by Crippen LogP contribution is -2.61. The molecule has 3 aliphatic rings. The quantitative estimate of drug-likeness (QED) is 0.568. The maximum Gasteiger partial charge on any atom is 0.410 e. The molecular formula is C25H31FN4O6S. The Morgan fingerprint density at radius 2 is 1.95 bits per heavy atom. The average Bonchev–Trinajstić information content (AvgIpc) is 3.57. The maximum atomic E-state index is 14.6. The highest BCUT2D eigenvalue weighted by Gasteiger charge is 2.45. The normalized spacial score (nSPS) is 24.3. The zero-order chi connectivity index (χ0) is 26.4. The molecule has 1 N–H and O–H groups in total. The molecule has 10 nitrogen and oxygen atoms in total. The van der Waals surface area contributed by atoms with Gasteiger partial charge in [-0.05, 0) is 38.0 Å². The maximum absolute atomic E-state index is 14.6. The minimum Gasteiger partial charge on any atom is -0.474 e. The number of fused-ring (bicyclic) bond motifs is 2. The number of amides is 1. The van der Waals surface area contributed by atoms with E-state index in [-0.39, 0.29) is 40.3 Å². The van der Waals surface area contributed by atoms with Gasteiger partial charge in [0.05, 0.1) is 48.1 Å². The Labute approximate surface area is 215 Å². The van der Waals surface area contributed by atoms with E-state index >= 15 is 0 Å². The third-order valence-corrected chi connectivity index (χ3v) is 8.38. The fourth-order valence-corrected chi connectivity index (χ4v) is 5.35. The highest BCUT2D eigenvalue weighted by molar-refractivity contribution is 7.90. The minimum absolute atomic E-state index is 0.0821. The van der Waals surface area contributed by atoms with Crippen LogP contribution >= 0.6 is 0 Å². The van der Waals surface area contributed by atoms with Gasteiger partial charge in [-0.2, -0.15) is 0 Å². The molecule has 5 rings (SSSR count). The van der Waals surface area contributed by atoms with Gasteiger partial charge in [0.25, 0.3) is 0 Å². The molecule has 200 valence electrons. The number of rotatable bonds is 7. The Hall–Kier alpha value is -2.99. The van der Waals surface area contributed by atoms with Gasteiger partial charge in [0.1, 0.15) is 24.1 Å². The predicted octanol–water partition coefficient (Wildman–Crippen LogP) is 3.62. The SMILES string of the molecule is Cc1c(Nc2ccc(S(C)(=O)=O)cc2F)ncnc1OC1CC2COCC(C1)N2C(=O)OCC1(C)CC1. The number of carbonyl (C=O) groups is 1. The number of piperidine rings is 1. The zero-order valence-electron chi connectivity index (χ0n) is 21.1. The monoisotopic (exact) mass is 534 g/mol. The first kappa shape index (κ1) is 25.7. The van der Waals surface area contributed by atoms with Gasteiger partial charge >= 0.3 is 6.09 Å². The van der Waals surface area contributed by atoms with Crippen molar-refractivity contribution in [2.24, 2.45) is 5.41 Å². The van der Waals surface area contributed by atoms with Crippen LogP contribution in [0.25, 0.3) is 0 Å². The van der Waals surface area contributed by atoms with E-state index in [1.165, 1.54) is 18.5 Å². The van der Waals surface area contributed by atoms with Crippen molar-refractivity contribution in [3.8, 4) is 5.88 Å². The van der Waals surface area contributed by atoms with Crippen molar-refractivity contribution in [2.75, 3.05) is 31.4 Å². The summed E-state index contributed by atoms with van der Waals surface area (Å²) >= 11 is 0. The first-order chi connectivity index (χ1) is 17.5.